The van der Waals surface area contributed by atoms with Crippen LogP contribution in [0, 0.1) is 0 Å². The van der Waals surface area contributed by atoms with Crippen molar-refractivity contribution in [1.82, 2.24) is 15.1 Å². The lowest BCUT2D eigenvalue weighted by atomic mass is 9.99. The summed E-state index contributed by atoms with van der Waals surface area (Å²) in [5.74, 6) is 1.24. The Labute approximate surface area is 127 Å². The number of piperidine rings is 1. The quantitative estimate of drug-likeness (QED) is 0.906. The number of hydrogen-bond donors (Lipinski definition) is 1. The summed E-state index contributed by atoms with van der Waals surface area (Å²) in [4.78, 5) is 3.31. The normalized spacial score (nSPS) is 23.5. The fraction of sp³-hybridized carbons (Fsp3) is 0.571. The van der Waals surface area contributed by atoms with Gasteiger partial charge in [0.2, 0.25) is 5.89 Å². The summed E-state index contributed by atoms with van der Waals surface area (Å²) < 4.78 is 11.2. The molecule has 0 amide bonds. The van der Waals surface area contributed by atoms with Gasteiger partial charge < -0.3 is 14.9 Å². The molecule has 0 bridgehead atoms. The molecule has 1 saturated heterocycles. The molecule has 0 spiro atoms. The lowest BCUT2D eigenvalue weighted by Crippen LogP contribution is -2.48. The van der Waals surface area contributed by atoms with E-state index in [1.54, 1.807) is 18.4 Å². The Balaban J connectivity index is 1.66. The fourth-order valence-electron chi connectivity index (χ4n) is 2.72. The number of thiophene rings is 1. The van der Waals surface area contributed by atoms with E-state index in [2.05, 4.69) is 15.1 Å². The topological polar surface area (TPSA) is 77.4 Å². The number of rotatable bonds is 5. The van der Waals surface area contributed by atoms with Crippen LogP contribution in [0.3, 0.4) is 0 Å². The average Bonchev–Trinajstić information content (AvgIpc) is 3.18. The van der Waals surface area contributed by atoms with E-state index in [0.717, 1.165) is 24.3 Å². The van der Waals surface area contributed by atoms with E-state index in [9.17, 15) is 0 Å². The van der Waals surface area contributed by atoms with Gasteiger partial charge in [-0.25, -0.2) is 0 Å². The number of likely N-dealkylation sites (tertiary alicyclic amines) is 1. The minimum atomic E-state index is 0.305. The smallest absolute Gasteiger partial charge is 0.257 e. The molecule has 1 aliphatic rings. The highest BCUT2D eigenvalue weighted by Crippen LogP contribution is 2.25. The highest BCUT2D eigenvalue weighted by molar-refractivity contribution is 7.13. The van der Waals surface area contributed by atoms with Crippen LogP contribution < -0.4 is 5.73 Å². The van der Waals surface area contributed by atoms with E-state index in [0.29, 0.717) is 37.0 Å². The third kappa shape index (κ3) is 3.32. The standard InChI is InChI=1S/C14H20N4O2S/c1-19-11-4-5-18(10(7-11)8-15)9-13-16-17-14(20-13)12-3-2-6-21-12/h2-3,6,10-11H,4-5,7-9,15H2,1H3. The van der Waals surface area contributed by atoms with Crippen LogP contribution in [-0.2, 0) is 11.3 Å². The number of hydrogen-bond acceptors (Lipinski definition) is 7. The second-order valence-corrected chi connectivity index (χ2v) is 6.17. The third-order valence-corrected chi connectivity index (χ3v) is 4.79. The van der Waals surface area contributed by atoms with Crippen molar-refractivity contribution in [1.29, 1.82) is 0 Å². The summed E-state index contributed by atoms with van der Waals surface area (Å²) in [6, 6.07) is 4.26. The van der Waals surface area contributed by atoms with Crippen molar-refractivity contribution in [2.75, 3.05) is 20.2 Å². The molecule has 0 aromatic carbocycles. The van der Waals surface area contributed by atoms with E-state index in [1.807, 2.05) is 17.5 Å². The number of nitrogens with zero attached hydrogens (tertiary/aromatic N) is 3. The van der Waals surface area contributed by atoms with Gasteiger partial charge in [-0.3, -0.25) is 4.90 Å². The van der Waals surface area contributed by atoms with Crippen LogP contribution in [-0.4, -0.2) is 47.4 Å². The predicted molar refractivity (Wildman–Crippen MR) is 80.9 cm³/mol. The zero-order valence-corrected chi connectivity index (χ0v) is 12.9. The summed E-state index contributed by atoms with van der Waals surface area (Å²) in [6.07, 6.45) is 2.27. The molecule has 1 aliphatic heterocycles. The largest absolute Gasteiger partial charge is 0.419 e. The fourth-order valence-corrected chi connectivity index (χ4v) is 3.37. The molecule has 3 rings (SSSR count). The molecule has 2 aromatic heterocycles. The van der Waals surface area contributed by atoms with Gasteiger partial charge in [0.05, 0.1) is 17.5 Å². The zero-order valence-electron chi connectivity index (χ0n) is 12.1. The first-order chi connectivity index (χ1) is 10.3. The summed E-state index contributed by atoms with van der Waals surface area (Å²) in [5.41, 5.74) is 5.88. The van der Waals surface area contributed by atoms with Crippen LogP contribution in [0.15, 0.2) is 21.9 Å². The number of ether oxygens (including phenoxy) is 1. The molecule has 21 heavy (non-hydrogen) atoms. The lowest BCUT2D eigenvalue weighted by Gasteiger charge is -2.37. The Bertz CT molecular complexity index is 557. The summed E-state index contributed by atoms with van der Waals surface area (Å²) in [5, 5.41) is 10.3. The molecule has 2 atom stereocenters. The molecular weight excluding hydrogens is 288 g/mol. The first-order valence-electron chi connectivity index (χ1n) is 7.13. The Morgan fingerprint density at radius 2 is 2.43 bits per heavy atom. The van der Waals surface area contributed by atoms with Gasteiger partial charge in [0, 0.05) is 26.2 Å². The van der Waals surface area contributed by atoms with Crippen molar-refractivity contribution in [2.24, 2.45) is 5.73 Å². The summed E-state index contributed by atoms with van der Waals surface area (Å²) >= 11 is 1.60. The number of methoxy groups -OCH3 is 1. The van der Waals surface area contributed by atoms with Gasteiger partial charge in [-0.15, -0.1) is 21.5 Å². The van der Waals surface area contributed by atoms with Gasteiger partial charge in [0.1, 0.15) is 0 Å². The van der Waals surface area contributed by atoms with Gasteiger partial charge in [-0.2, -0.15) is 0 Å². The summed E-state index contributed by atoms with van der Waals surface area (Å²) in [6.45, 7) is 2.21. The van der Waals surface area contributed by atoms with Crippen LogP contribution in [0.2, 0.25) is 0 Å². The van der Waals surface area contributed by atoms with Crippen LogP contribution >= 0.6 is 11.3 Å². The Hall–Kier alpha value is -1.28. The molecule has 1 fully saturated rings. The lowest BCUT2D eigenvalue weighted by molar-refractivity contribution is 0.00741. The second kappa shape index (κ2) is 6.65. The molecule has 7 heteroatoms. The molecule has 0 saturated carbocycles. The second-order valence-electron chi connectivity index (χ2n) is 5.22. The van der Waals surface area contributed by atoms with Crippen LogP contribution in [0.1, 0.15) is 18.7 Å². The highest BCUT2D eigenvalue weighted by atomic mass is 32.1. The van der Waals surface area contributed by atoms with Crippen molar-refractivity contribution >= 4 is 11.3 Å². The van der Waals surface area contributed by atoms with Gasteiger partial charge in [-0.05, 0) is 24.3 Å². The SMILES string of the molecule is COC1CCN(Cc2nnc(-c3cccs3)o2)C(CN)C1. The van der Waals surface area contributed by atoms with Crippen molar-refractivity contribution < 1.29 is 9.15 Å². The van der Waals surface area contributed by atoms with Gasteiger partial charge in [0.25, 0.3) is 5.89 Å². The Kier molecular flexibility index (Phi) is 4.64. The van der Waals surface area contributed by atoms with Gasteiger partial charge in [0.15, 0.2) is 0 Å². The van der Waals surface area contributed by atoms with Crippen molar-refractivity contribution in [3.8, 4) is 10.8 Å². The molecule has 6 nitrogen and oxygen atoms in total. The van der Waals surface area contributed by atoms with E-state index in [4.69, 9.17) is 14.9 Å². The minimum Gasteiger partial charge on any atom is -0.419 e. The van der Waals surface area contributed by atoms with Gasteiger partial charge >= 0.3 is 0 Å². The molecule has 2 unspecified atom stereocenters. The maximum Gasteiger partial charge on any atom is 0.257 e. The predicted octanol–water partition coefficient (Wildman–Crippen LogP) is 1.74. The van der Waals surface area contributed by atoms with Crippen LogP contribution in [0.4, 0.5) is 0 Å². The average molecular weight is 308 g/mol. The van der Waals surface area contributed by atoms with E-state index in [1.165, 1.54) is 0 Å². The first-order valence-corrected chi connectivity index (χ1v) is 8.01. The van der Waals surface area contributed by atoms with Gasteiger partial charge in [-0.1, -0.05) is 6.07 Å². The van der Waals surface area contributed by atoms with E-state index < -0.39 is 0 Å². The number of aromatic nitrogens is 2. The van der Waals surface area contributed by atoms with Crippen LogP contribution in [0.25, 0.3) is 10.8 Å². The van der Waals surface area contributed by atoms with E-state index >= 15 is 0 Å². The molecule has 114 valence electrons. The molecule has 2 aromatic rings. The minimum absolute atomic E-state index is 0.305. The molecule has 0 aliphatic carbocycles. The van der Waals surface area contributed by atoms with Crippen LogP contribution in [0.5, 0.6) is 0 Å². The maximum absolute atomic E-state index is 5.88. The molecule has 3 heterocycles. The van der Waals surface area contributed by atoms with Crippen molar-refractivity contribution in [3.63, 3.8) is 0 Å². The van der Waals surface area contributed by atoms with Crippen molar-refractivity contribution in [2.45, 2.75) is 31.5 Å². The Morgan fingerprint density at radius 3 is 3.14 bits per heavy atom. The maximum atomic E-state index is 5.88. The summed E-state index contributed by atoms with van der Waals surface area (Å²) in [7, 11) is 1.76. The molecular formula is C14H20N4O2S. The number of nitrogens with two attached hydrogens (primary N) is 1. The highest BCUT2D eigenvalue weighted by Gasteiger charge is 2.28. The third-order valence-electron chi connectivity index (χ3n) is 3.93. The molecule has 0 radical (unpaired) electrons. The monoisotopic (exact) mass is 308 g/mol. The van der Waals surface area contributed by atoms with E-state index in [-0.39, 0.29) is 0 Å². The Morgan fingerprint density at radius 1 is 1.52 bits per heavy atom. The molecule has 2 N–H and O–H groups in total. The zero-order chi connectivity index (χ0) is 14.7. The van der Waals surface area contributed by atoms with Crippen molar-refractivity contribution in [3.05, 3.63) is 23.4 Å². The first kappa shape index (κ1) is 14.6.